The Morgan fingerprint density at radius 2 is 1.97 bits per heavy atom. The van der Waals surface area contributed by atoms with E-state index in [1.54, 1.807) is 19.3 Å². The van der Waals surface area contributed by atoms with Crippen LogP contribution in [0.1, 0.15) is 43.6 Å². The molecule has 2 heterocycles. The van der Waals surface area contributed by atoms with Crippen molar-refractivity contribution >= 4 is 33.8 Å². The molecule has 1 atom stereocenters. The van der Waals surface area contributed by atoms with Gasteiger partial charge in [-0.25, -0.2) is 4.98 Å². The number of nitrogens with one attached hydrogen (secondary N) is 2. The molecular formula is C24H27N5O3. The number of ether oxygens (including phenoxy) is 1. The molecule has 166 valence electrons. The van der Waals surface area contributed by atoms with Gasteiger partial charge in [-0.3, -0.25) is 14.7 Å². The third-order valence-corrected chi connectivity index (χ3v) is 5.78. The van der Waals surface area contributed by atoms with Gasteiger partial charge in [-0.1, -0.05) is 32.9 Å². The molecule has 4 rings (SSSR count). The second-order valence-electron chi connectivity index (χ2n) is 8.92. The first-order chi connectivity index (χ1) is 15.2. The molecule has 0 fully saturated rings. The van der Waals surface area contributed by atoms with Crippen LogP contribution in [-0.4, -0.2) is 45.8 Å². The topological polar surface area (TPSA) is 102 Å². The number of imidazole rings is 1. The molecule has 0 bridgehead atoms. The average Bonchev–Trinajstić information content (AvgIpc) is 3.39. The van der Waals surface area contributed by atoms with Crippen molar-refractivity contribution in [1.82, 2.24) is 25.1 Å². The van der Waals surface area contributed by atoms with E-state index in [2.05, 4.69) is 40.9 Å². The van der Waals surface area contributed by atoms with Crippen molar-refractivity contribution in [3.63, 3.8) is 0 Å². The van der Waals surface area contributed by atoms with Crippen LogP contribution in [0.3, 0.4) is 0 Å². The SMILES string of the molecule is CNC(=O)c1ccc2nc(-c3ccc4cn[nH]c4c3)n(C(CC(=O)OC)C(C)(C)C)c2c1. The highest BCUT2D eigenvalue weighted by molar-refractivity contribution is 5.98. The van der Waals surface area contributed by atoms with E-state index in [0.717, 1.165) is 33.3 Å². The summed E-state index contributed by atoms with van der Waals surface area (Å²) in [6.07, 6.45) is 1.95. The molecule has 0 aliphatic carbocycles. The van der Waals surface area contributed by atoms with Gasteiger partial charge in [0.05, 0.1) is 42.3 Å². The Labute approximate surface area is 186 Å². The van der Waals surface area contributed by atoms with Crippen molar-refractivity contribution < 1.29 is 14.3 Å². The summed E-state index contributed by atoms with van der Waals surface area (Å²) < 4.78 is 7.07. The molecular weight excluding hydrogens is 406 g/mol. The number of nitrogens with zero attached hydrogens (tertiary/aromatic N) is 3. The maximum atomic E-state index is 12.4. The second-order valence-corrected chi connectivity index (χ2v) is 8.92. The molecule has 0 aliphatic heterocycles. The van der Waals surface area contributed by atoms with Crippen LogP contribution >= 0.6 is 0 Å². The van der Waals surface area contributed by atoms with Crippen LogP contribution in [0.2, 0.25) is 0 Å². The van der Waals surface area contributed by atoms with Gasteiger partial charge in [-0.15, -0.1) is 0 Å². The fourth-order valence-corrected chi connectivity index (χ4v) is 4.00. The molecule has 8 nitrogen and oxygen atoms in total. The molecule has 0 radical (unpaired) electrons. The second kappa shape index (κ2) is 8.11. The molecule has 0 aliphatic rings. The molecule has 32 heavy (non-hydrogen) atoms. The van der Waals surface area contributed by atoms with Crippen molar-refractivity contribution in [3.05, 3.63) is 48.2 Å². The Morgan fingerprint density at radius 3 is 2.66 bits per heavy atom. The molecule has 0 saturated heterocycles. The lowest BCUT2D eigenvalue weighted by atomic mass is 9.84. The van der Waals surface area contributed by atoms with Crippen molar-refractivity contribution in [2.24, 2.45) is 5.41 Å². The maximum absolute atomic E-state index is 12.4. The number of aromatic amines is 1. The largest absolute Gasteiger partial charge is 0.469 e. The molecule has 2 aromatic heterocycles. The number of fused-ring (bicyclic) bond motifs is 2. The Bertz CT molecular complexity index is 1310. The quantitative estimate of drug-likeness (QED) is 0.462. The zero-order valence-electron chi connectivity index (χ0n) is 18.9. The van der Waals surface area contributed by atoms with Gasteiger partial charge < -0.3 is 14.6 Å². The van der Waals surface area contributed by atoms with Crippen LogP contribution in [-0.2, 0) is 9.53 Å². The van der Waals surface area contributed by atoms with Crippen LogP contribution in [0, 0.1) is 5.41 Å². The Morgan fingerprint density at radius 1 is 1.19 bits per heavy atom. The van der Waals surface area contributed by atoms with Gasteiger partial charge in [0.15, 0.2) is 0 Å². The number of benzene rings is 2. The smallest absolute Gasteiger partial charge is 0.307 e. The Kier molecular flexibility index (Phi) is 5.46. The standard InChI is InChI=1S/C24H27N5O3/c1-24(2,3)20(12-21(30)32-5)29-19-11-15(23(31)25-4)8-9-17(19)27-22(29)14-6-7-16-13-26-28-18(16)10-14/h6-11,13,20H,12H2,1-5H3,(H,25,31)(H,26,28). The molecule has 0 spiro atoms. The van der Waals surface area contributed by atoms with E-state index in [1.807, 2.05) is 30.3 Å². The van der Waals surface area contributed by atoms with Crippen molar-refractivity contribution in [2.75, 3.05) is 14.2 Å². The summed E-state index contributed by atoms with van der Waals surface area (Å²) in [5, 5.41) is 10.8. The van der Waals surface area contributed by atoms with Crippen LogP contribution in [0.4, 0.5) is 0 Å². The summed E-state index contributed by atoms with van der Waals surface area (Å²) in [4.78, 5) is 29.6. The molecule has 1 amide bonds. The van der Waals surface area contributed by atoms with Gasteiger partial charge in [0.25, 0.3) is 5.91 Å². The number of rotatable bonds is 5. The summed E-state index contributed by atoms with van der Waals surface area (Å²) in [5.74, 6) is 0.235. The first kappa shape index (κ1) is 21.5. The van der Waals surface area contributed by atoms with Crippen LogP contribution < -0.4 is 5.32 Å². The Hall–Kier alpha value is -3.68. The predicted octanol–water partition coefficient (Wildman–Crippen LogP) is 4.09. The van der Waals surface area contributed by atoms with Crippen LogP contribution in [0.15, 0.2) is 42.6 Å². The van der Waals surface area contributed by atoms with E-state index in [0.29, 0.717) is 5.56 Å². The van der Waals surface area contributed by atoms with Crippen molar-refractivity contribution in [3.8, 4) is 11.4 Å². The van der Waals surface area contributed by atoms with E-state index in [1.165, 1.54) is 7.11 Å². The molecule has 2 N–H and O–H groups in total. The zero-order valence-corrected chi connectivity index (χ0v) is 18.9. The predicted molar refractivity (Wildman–Crippen MR) is 123 cm³/mol. The fraction of sp³-hybridized carbons (Fsp3) is 0.333. The number of esters is 1. The van der Waals surface area contributed by atoms with Crippen LogP contribution in [0.25, 0.3) is 33.3 Å². The maximum Gasteiger partial charge on any atom is 0.307 e. The van der Waals surface area contributed by atoms with Gasteiger partial charge in [0.2, 0.25) is 0 Å². The van der Waals surface area contributed by atoms with Gasteiger partial charge >= 0.3 is 5.97 Å². The normalized spacial score (nSPS) is 12.8. The molecule has 8 heteroatoms. The van der Waals surface area contributed by atoms with Gasteiger partial charge in [-0.2, -0.15) is 5.10 Å². The third-order valence-electron chi connectivity index (χ3n) is 5.78. The molecule has 1 unspecified atom stereocenters. The van der Waals surface area contributed by atoms with E-state index in [9.17, 15) is 9.59 Å². The number of carbonyl (C=O) groups is 2. The van der Waals surface area contributed by atoms with Crippen molar-refractivity contribution in [1.29, 1.82) is 0 Å². The van der Waals surface area contributed by atoms with E-state index < -0.39 is 0 Å². The number of hydrogen-bond donors (Lipinski definition) is 2. The van der Waals surface area contributed by atoms with Crippen LogP contribution in [0.5, 0.6) is 0 Å². The number of aromatic nitrogens is 4. The number of amides is 1. The molecule has 0 saturated carbocycles. The van der Waals surface area contributed by atoms with Gasteiger partial charge in [0, 0.05) is 23.6 Å². The highest BCUT2D eigenvalue weighted by Gasteiger charge is 2.33. The first-order valence-electron chi connectivity index (χ1n) is 10.5. The average molecular weight is 434 g/mol. The van der Waals surface area contributed by atoms with Gasteiger partial charge in [-0.05, 0) is 29.7 Å². The summed E-state index contributed by atoms with van der Waals surface area (Å²) >= 11 is 0. The zero-order chi connectivity index (χ0) is 23.0. The molecule has 4 aromatic rings. The Balaban J connectivity index is 2.01. The van der Waals surface area contributed by atoms with Gasteiger partial charge in [0.1, 0.15) is 5.82 Å². The molecule has 2 aromatic carbocycles. The van der Waals surface area contributed by atoms with E-state index >= 15 is 0 Å². The highest BCUT2D eigenvalue weighted by Crippen LogP contribution is 2.40. The number of hydrogen-bond acceptors (Lipinski definition) is 5. The minimum atomic E-state index is -0.302. The van der Waals surface area contributed by atoms with Crippen molar-refractivity contribution in [2.45, 2.75) is 33.2 Å². The summed E-state index contributed by atoms with van der Waals surface area (Å²) in [6.45, 7) is 6.24. The number of H-pyrrole nitrogens is 1. The summed E-state index contributed by atoms with van der Waals surface area (Å²) in [5.41, 5.74) is 3.55. The number of methoxy groups -OCH3 is 1. The third kappa shape index (κ3) is 3.84. The van der Waals surface area contributed by atoms with E-state index in [4.69, 9.17) is 9.72 Å². The highest BCUT2D eigenvalue weighted by atomic mass is 16.5. The minimum Gasteiger partial charge on any atom is -0.469 e. The number of carbonyl (C=O) groups excluding carboxylic acids is 2. The first-order valence-corrected chi connectivity index (χ1v) is 10.5. The lowest BCUT2D eigenvalue weighted by Gasteiger charge is -2.33. The monoisotopic (exact) mass is 433 g/mol. The summed E-state index contributed by atoms with van der Waals surface area (Å²) in [6, 6.07) is 11.1. The van der Waals surface area contributed by atoms with E-state index in [-0.39, 0.29) is 29.8 Å². The lowest BCUT2D eigenvalue weighted by molar-refractivity contribution is -0.142. The lowest BCUT2D eigenvalue weighted by Crippen LogP contribution is -2.28. The fourth-order valence-electron chi connectivity index (χ4n) is 4.00. The minimum absolute atomic E-state index is 0.176. The summed E-state index contributed by atoms with van der Waals surface area (Å²) in [7, 11) is 2.99.